The van der Waals surface area contributed by atoms with Gasteiger partial charge in [0.05, 0.1) is 28.5 Å². The molecule has 0 radical (unpaired) electrons. The summed E-state index contributed by atoms with van der Waals surface area (Å²) in [4.78, 5) is 10.2. The number of nitrogens with one attached hydrogen (secondary N) is 3. The van der Waals surface area contributed by atoms with Gasteiger partial charge in [-0.05, 0) is 78.8 Å². The number of allylic oxidation sites excluding steroid dienone is 1. The first-order valence-corrected chi connectivity index (χ1v) is 15.0. The van der Waals surface area contributed by atoms with Crippen LogP contribution in [-0.4, -0.2) is 42.8 Å². The van der Waals surface area contributed by atoms with Crippen LogP contribution in [0.1, 0.15) is 58.4 Å². The van der Waals surface area contributed by atoms with E-state index >= 15 is 0 Å². The molecule has 1 aliphatic rings. The van der Waals surface area contributed by atoms with E-state index in [9.17, 15) is 4.39 Å². The Labute approximate surface area is 253 Å². The molecule has 1 atom stereocenters. The molecule has 226 valence electrons. The molecule has 3 aromatic rings. The third-order valence-corrected chi connectivity index (χ3v) is 7.48. The maximum absolute atomic E-state index is 12.8. The van der Waals surface area contributed by atoms with Crippen LogP contribution in [0.4, 0.5) is 15.8 Å². The zero-order valence-corrected chi connectivity index (χ0v) is 26.9. The van der Waals surface area contributed by atoms with Crippen LogP contribution in [0.15, 0.2) is 95.8 Å². The smallest absolute Gasteiger partial charge is 0.146 e. The van der Waals surface area contributed by atoms with Crippen LogP contribution in [0.5, 0.6) is 0 Å². The van der Waals surface area contributed by atoms with Crippen molar-refractivity contribution < 1.29 is 4.39 Å². The summed E-state index contributed by atoms with van der Waals surface area (Å²) in [7, 11) is 3.56. The monoisotopic (exact) mass is 571 g/mol. The summed E-state index contributed by atoms with van der Waals surface area (Å²) in [6, 6.07) is 17.6. The summed E-state index contributed by atoms with van der Waals surface area (Å²) >= 11 is 0. The summed E-state index contributed by atoms with van der Waals surface area (Å²) in [6.07, 6.45) is 3.88. The van der Waals surface area contributed by atoms with E-state index in [1.807, 2.05) is 46.1 Å². The molecular weight excluding hydrogens is 521 g/mol. The quantitative estimate of drug-likeness (QED) is 0.225. The van der Waals surface area contributed by atoms with Gasteiger partial charge < -0.3 is 20.5 Å². The van der Waals surface area contributed by atoms with Crippen LogP contribution in [0.25, 0.3) is 5.70 Å². The number of hydrogen-bond acceptors (Lipinski definition) is 4. The fourth-order valence-electron chi connectivity index (χ4n) is 4.83. The number of halogens is 1. The van der Waals surface area contributed by atoms with Gasteiger partial charge in [0, 0.05) is 39.1 Å². The van der Waals surface area contributed by atoms with E-state index < -0.39 is 0 Å². The van der Waals surface area contributed by atoms with E-state index in [1.165, 1.54) is 22.8 Å². The summed E-state index contributed by atoms with van der Waals surface area (Å²) in [6.45, 7) is 23.0. The molecule has 0 bridgehead atoms. The van der Waals surface area contributed by atoms with Crippen LogP contribution in [-0.2, 0) is 12.8 Å². The van der Waals surface area contributed by atoms with Gasteiger partial charge in [-0.1, -0.05) is 71.5 Å². The first kappa shape index (κ1) is 34.1. The van der Waals surface area contributed by atoms with Crippen molar-refractivity contribution in [3.8, 4) is 0 Å². The molecule has 0 saturated heterocycles. The topological polar surface area (TPSA) is 55.5 Å². The van der Waals surface area contributed by atoms with E-state index in [1.54, 1.807) is 13.1 Å². The maximum Gasteiger partial charge on any atom is 0.146 e. The average Bonchev–Trinajstić information content (AvgIpc) is 3.56. The number of rotatable bonds is 9. The zero-order chi connectivity index (χ0) is 31.2. The van der Waals surface area contributed by atoms with Gasteiger partial charge in [-0.3, -0.25) is 4.99 Å². The van der Waals surface area contributed by atoms with E-state index in [0.717, 1.165) is 60.0 Å². The minimum atomic E-state index is -0.190. The number of H-pyrrole nitrogens is 1. The number of aryl methyl sites for hydroxylation is 2. The average molecular weight is 572 g/mol. The molecule has 0 fully saturated rings. The largest absolute Gasteiger partial charge is 0.386 e. The second-order valence-corrected chi connectivity index (χ2v) is 10.1. The summed E-state index contributed by atoms with van der Waals surface area (Å²) in [5, 5.41) is 6.26. The minimum absolute atomic E-state index is 0.190. The van der Waals surface area contributed by atoms with Crippen molar-refractivity contribution in [1.82, 2.24) is 9.88 Å². The molecule has 0 aliphatic carbocycles. The van der Waals surface area contributed by atoms with Gasteiger partial charge in [0.25, 0.3) is 0 Å². The molecule has 6 heteroatoms. The van der Waals surface area contributed by atoms with E-state index in [2.05, 4.69) is 89.8 Å². The molecule has 1 aliphatic heterocycles. The molecule has 0 amide bonds. The van der Waals surface area contributed by atoms with Crippen LogP contribution >= 0.6 is 0 Å². The number of aliphatic imine (C=N–C) groups is 1. The number of aromatic nitrogens is 1. The number of aromatic amines is 1. The SMILES string of the molecule is C=C(Nc1cccc(CC)c1)C(=NC)C1=C(C)C(C)CN(C(=C)c2ccc[nH]2)C1.CC.CCc1ccc(F)c(NC)c1. The lowest BCUT2D eigenvalue weighted by molar-refractivity contribution is 0.359. The van der Waals surface area contributed by atoms with Gasteiger partial charge in [0.1, 0.15) is 5.82 Å². The second kappa shape index (κ2) is 17.0. The predicted octanol–water partition coefficient (Wildman–Crippen LogP) is 8.97. The van der Waals surface area contributed by atoms with Crippen molar-refractivity contribution in [2.45, 2.75) is 54.4 Å². The number of hydrogen-bond donors (Lipinski definition) is 3. The lowest BCUT2D eigenvalue weighted by Crippen LogP contribution is -2.37. The van der Waals surface area contributed by atoms with Gasteiger partial charge in [-0.25, -0.2) is 4.39 Å². The molecule has 42 heavy (non-hydrogen) atoms. The third-order valence-electron chi connectivity index (χ3n) is 7.48. The molecule has 3 N–H and O–H groups in total. The van der Waals surface area contributed by atoms with Crippen molar-refractivity contribution >= 4 is 22.8 Å². The van der Waals surface area contributed by atoms with Crippen LogP contribution in [0.2, 0.25) is 0 Å². The molecule has 1 unspecified atom stereocenters. The molecule has 2 aromatic carbocycles. The molecule has 2 heterocycles. The Morgan fingerprint density at radius 1 is 1.05 bits per heavy atom. The highest BCUT2D eigenvalue weighted by Crippen LogP contribution is 2.30. The van der Waals surface area contributed by atoms with Crippen molar-refractivity contribution in [3.05, 3.63) is 113 Å². The summed E-state index contributed by atoms with van der Waals surface area (Å²) < 4.78 is 12.8. The third kappa shape index (κ3) is 8.97. The van der Waals surface area contributed by atoms with Gasteiger partial charge in [0.2, 0.25) is 0 Å². The van der Waals surface area contributed by atoms with Gasteiger partial charge in [0.15, 0.2) is 0 Å². The zero-order valence-electron chi connectivity index (χ0n) is 26.9. The van der Waals surface area contributed by atoms with Crippen LogP contribution in [0, 0.1) is 11.7 Å². The fourth-order valence-corrected chi connectivity index (χ4v) is 4.83. The number of nitrogens with zero attached hydrogens (tertiary/aromatic N) is 2. The minimum Gasteiger partial charge on any atom is -0.386 e. The summed E-state index contributed by atoms with van der Waals surface area (Å²) in [5.41, 5.74) is 10.5. The molecule has 0 saturated carbocycles. The molecule has 4 rings (SSSR count). The standard InChI is InChI=1S/C25H32N4.C9H12FN.C2H6/c1-7-21-10-8-11-22(14-21)28-19(4)25(26-6)23-16-29(15-17(2)18(23)3)20(5)24-12-9-13-27-24;1-3-7-4-5-8(10)9(6-7)11-2;1-2/h8-14,17,27-28H,4-5,7,15-16H2,1-3,6H3;4-6,11H,3H2,1-2H3;1-2H3. The highest BCUT2D eigenvalue weighted by Gasteiger charge is 2.27. The Hall–Kier alpha value is -4.06. The molecule has 1 aromatic heterocycles. The van der Waals surface area contributed by atoms with Gasteiger partial charge in [-0.2, -0.15) is 0 Å². The second-order valence-electron chi connectivity index (χ2n) is 10.1. The Bertz CT molecular complexity index is 1370. The van der Waals surface area contributed by atoms with E-state index in [-0.39, 0.29) is 5.82 Å². The molecule has 5 nitrogen and oxygen atoms in total. The Morgan fingerprint density at radius 2 is 1.74 bits per heavy atom. The Morgan fingerprint density at radius 3 is 2.33 bits per heavy atom. The van der Waals surface area contributed by atoms with Crippen molar-refractivity contribution in [2.24, 2.45) is 10.9 Å². The first-order chi connectivity index (χ1) is 20.2. The normalized spacial score (nSPS) is 14.7. The first-order valence-electron chi connectivity index (χ1n) is 15.0. The predicted molar refractivity (Wildman–Crippen MR) is 182 cm³/mol. The fraction of sp³-hybridized carbons (Fsp3) is 0.361. The van der Waals surface area contributed by atoms with Crippen LogP contribution < -0.4 is 10.6 Å². The van der Waals surface area contributed by atoms with Crippen molar-refractivity contribution in [2.75, 3.05) is 37.8 Å². The Kier molecular flexibility index (Phi) is 13.8. The van der Waals surface area contributed by atoms with E-state index in [4.69, 9.17) is 0 Å². The highest BCUT2D eigenvalue weighted by molar-refractivity contribution is 6.14. The van der Waals surface area contributed by atoms with Crippen molar-refractivity contribution in [1.29, 1.82) is 0 Å². The van der Waals surface area contributed by atoms with Gasteiger partial charge in [-0.15, -0.1) is 0 Å². The number of anilines is 2. The maximum atomic E-state index is 12.8. The summed E-state index contributed by atoms with van der Waals surface area (Å²) in [5.74, 6) is 0.225. The highest BCUT2D eigenvalue weighted by atomic mass is 19.1. The van der Waals surface area contributed by atoms with Crippen molar-refractivity contribution in [3.63, 3.8) is 0 Å². The molecular formula is C36H50FN5. The lowest BCUT2D eigenvalue weighted by Gasteiger charge is -2.37. The molecule has 0 spiro atoms. The van der Waals surface area contributed by atoms with E-state index in [0.29, 0.717) is 11.6 Å². The Balaban J connectivity index is 0.000000396. The van der Waals surface area contributed by atoms with Gasteiger partial charge >= 0.3 is 0 Å². The van der Waals surface area contributed by atoms with Crippen LogP contribution in [0.3, 0.4) is 0 Å². The number of benzene rings is 2. The lowest BCUT2D eigenvalue weighted by atomic mass is 9.88.